The van der Waals surface area contributed by atoms with Crippen LogP contribution in [0.3, 0.4) is 0 Å². The minimum atomic E-state index is -0.286. The Hall–Kier alpha value is -2.17. The van der Waals surface area contributed by atoms with Crippen LogP contribution < -0.4 is 10.6 Å². The Morgan fingerprint density at radius 2 is 1.90 bits per heavy atom. The summed E-state index contributed by atoms with van der Waals surface area (Å²) in [7, 11) is 0. The van der Waals surface area contributed by atoms with Crippen molar-refractivity contribution < 1.29 is 4.39 Å². The summed E-state index contributed by atoms with van der Waals surface area (Å²) in [4.78, 5) is 8.38. The number of rotatable bonds is 5. The third-order valence-corrected chi connectivity index (χ3v) is 3.00. The van der Waals surface area contributed by atoms with Gasteiger partial charge in [0, 0.05) is 12.1 Å². The fourth-order valence-electron chi connectivity index (χ4n) is 1.85. The van der Waals surface area contributed by atoms with Gasteiger partial charge >= 0.3 is 0 Å². The lowest BCUT2D eigenvalue weighted by Crippen LogP contribution is -2.07. The molecule has 0 spiro atoms. The van der Waals surface area contributed by atoms with E-state index in [1.807, 2.05) is 19.9 Å². The molecule has 0 aliphatic rings. The van der Waals surface area contributed by atoms with Crippen molar-refractivity contribution in [2.45, 2.75) is 27.2 Å². The van der Waals surface area contributed by atoms with E-state index >= 15 is 0 Å². The Kier molecular flexibility index (Phi) is 4.50. The van der Waals surface area contributed by atoms with Crippen LogP contribution in [0.4, 0.5) is 21.7 Å². The number of hydrogen-bond acceptors (Lipinski definition) is 4. The predicted molar refractivity (Wildman–Crippen MR) is 80.0 cm³/mol. The van der Waals surface area contributed by atoms with Crippen LogP contribution >= 0.6 is 0 Å². The van der Waals surface area contributed by atoms with Crippen molar-refractivity contribution in [2.75, 3.05) is 17.2 Å². The molecular formula is C15H19FN4. The largest absolute Gasteiger partial charge is 0.370 e. The lowest BCUT2D eigenvalue weighted by Gasteiger charge is -2.13. The maximum atomic E-state index is 13.8. The van der Waals surface area contributed by atoms with Crippen molar-refractivity contribution in [3.8, 4) is 0 Å². The summed E-state index contributed by atoms with van der Waals surface area (Å²) in [5.41, 5.74) is 2.18. The normalized spacial score (nSPS) is 10.4. The Labute approximate surface area is 118 Å². The predicted octanol–water partition coefficient (Wildman–Crippen LogP) is 3.80. The number of nitrogens with zero attached hydrogens (tertiary/aromatic N) is 2. The number of nitrogens with one attached hydrogen (secondary N) is 2. The zero-order valence-electron chi connectivity index (χ0n) is 12.0. The first-order valence-corrected chi connectivity index (χ1v) is 6.70. The van der Waals surface area contributed by atoms with E-state index in [1.165, 1.54) is 12.4 Å². The summed E-state index contributed by atoms with van der Waals surface area (Å²) in [6.07, 6.45) is 2.48. The molecule has 0 aliphatic carbocycles. The van der Waals surface area contributed by atoms with Crippen LogP contribution in [0.2, 0.25) is 0 Å². The lowest BCUT2D eigenvalue weighted by molar-refractivity contribution is 0.630. The van der Waals surface area contributed by atoms with E-state index in [4.69, 9.17) is 0 Å². The highest BCUT2D eigenvalue weighted by Crippen LogP contribution is 2.24. The highest BCUT2D eigenvalue weighted by Gasteiger charge is 2.09. The van der Waals surface area contributed by atoms with E-state index in [2.05, 4.69) is 27.5 Å². The second-order valence-corrected chi connectivity index (χ2v) is 4.73. The quantitative estimate of drug-likeness (QED) is 0.870. The van der Waals surface area contributed by atoms with Gasteiger partial charge in [-0.1, -0.05) is 13.0 Å². The van der Waals surface area contributed by atoms with Gasteiger partial charge < -0.3 is 10.6 Å². The first-order valence-electron chi connectivity index (χ1n) is 6.70. The molecule has 1 heterocycles. The third-order valence-electron chi connectivity index (χ3n) is 3.00. The molecule has 2 N–H and O–H groups in total. The van der Waals surface area contributed by atoms with Gasteiger partial charge in [0.15, 0.2) is 0 Å². The Balaban J connectivity index is 2.24. The van der Waals surface area contributed by atoms with E-state index < -0.39 is 0 Å². The minimum absolute atomic E-state index is 0.286. The van der Waals surface area contributed by atoms with Crippen LogP contribution in [0.15, 0.2) is 24.5 Å². The molecule has 2 aromatic rings. The molecule has 0 bridgehead atoms. The van der Waals surface area contributed by atoms with E-state index in [1.54, 1.807) is 6.07 Å². The highest BCUT2D eigenvalue weighted by molar-refractivity contribution is 5.64. The molecule has 0 radical (unpaired) electrons. The molecule has 1 aromatic heterocycles. The molecule has 2 rings (SSSR count). The molecule has 1 aromatic carbocycles. The van der Waals surface area contributed by atoms with Gasteiger partial charge in [0.2, 0.25) is 0 Å². The smallest absolute Gasteiger partial charge is 0.146 e. The molecular weight excluding hydrogens is 255 g/mol. The molecule has 106 valence electrons. The van der Waals surface area contributed by atoms with Crippen molar-refractivity contribution in [1.82, 2.24) is 9.97 Å². The van der Waals surface area contributed by atoms with Gasteiger partial charge in [0.1, 0.15) is 23.8 Å². The van der Waals surface area contributed by atoms with Crippen LogP contribution in [-0.2, 0) is 0 Å². The maximum absolute atomic E-state index is 13.8. The lowest BCUT2D eigenvalue weighted by atomic mass is 10.2. The Morgan fingerprint density at radius 1 is 1.15 bits per heavy atom. The van der Waals surface area contributed by atoms with Crippen LogP contribution in [-0.4, -0.2) is 16.5 Å². The van der Waals surface area contributed by atoms with E-state index in [0.717, 1.165) is 29.9 Å². The fourth-order valence-corrected chi connectivity index (χ4v) is 1.85. The molecule has 4 nitrogen and oxygen atoms in total. The van der Waals surface area contributed by atoms with Gasteiger partial charge in [-0.2, -0.15) is 0 Å². The van der Waals surface area contributed by atoms with Crippen LogP contribution in [0.5, 0.6) is 0 Å². The van der Waals surface area contributed by atoms with Gasteiger partial charge in [-0.15, -0.1) is 0 Å². The first-order chi connectivity index (χ1) is 9.61. The van der Waals surface area contributed by atoms with Gasteiger partial charge in [0.05, 0.1) is 5.69 Å². The number of aromatic nitrogens is 2. The summed E-state index contributed by atoms with van der Waals surface area (Å²) in [6, 6.07) is 5.07. The van der Waals surface area contributed by atoms with Crippen molar-refractivity contribution in [1.29, 1.82) is 0 Å². The number of aryl methyl sites for hydroxylation is 1. The topological polar surface area (TPSA) is 49.8 Å². The highest BCUT2D eigenvalue weighted by atomic mass is 19.1. The fraction of sp³-hybridized carbons (Fsp3) is 0.333. The van der Waals surface area contributed by atoms with Crippen molar-refractivity contribution in [3.05, 3.63) is 41.5 Å². The van der Waals surface area contributed by atoms with Crippen molar-refractivity contribution in [2.24, 2.45) is 0 Å². The zero-order valence-corrected chi connectivity index (χ0v) is 12.0. The molecule has 0 saturated carbocycles. The van der Waals surface area contributed by atoms with Crippen molar-refractivity contribution >= 4 is 17.3 Å². The van der Waals surface area contributed by atoms with Crippen LogP contribution in [0, 0.1) is 19.7 Å². The van der Waals surface area contributed by atoms with Gasteiger partial charge in [-0.3, -0.25) is 0 Å². The maximum Gasteiger partial charge on any atom is 0.146 e. The SMILES string of the molecule is CCCNc1ncnc(Nc2ccc(C)cc2F)c1C. The molecule has 0 atom stereocenters. The zero-order chi connectivity index (χ0) is 14.5. The van der Waals surface area contributed by atoms with E-state index in [0.29, 0.717) is 11.5 Å². The summed E-state index contributed by atoms with van der Waals surface area (Å²) in [5, 5.41) is 6.25. The average molecular weight is 274 g/mol. The third kappa shape index (κ3) is 3.23. The standard InChI is InChI=1S/C15H19FN4/c1-4-7-17-14-11(3)15(19-9-18-14)20-13-6-5-10(2)8-12(13)16/h5-6,8-9H,4,7H2,1-3H3,(H2,17,18,19,20). The minimum Gasteiger partial charge on any atom is -0.370 e. The summed E-state index contributed by atoms with van der Waals surface area (Å²) in [5.74, 6) is 1.10. The van der Waals surface area contributed by atoms with Gasteiger partial charge in [-0.25, -0.2) is 14.4 Å². The van der Waals surface area contributed by atoms with Crippen LogP contribution in [0.25, 0.3) is 0 Å². The molecule has 20 heavy (non-hydrogen) atoms. The van der Waals surface area contributed by atoms with Gasteiger partial charge in [-0.05, 0) is 38.0 Å². The molecule has 0 aliphatic heterocycles. The monoisotopic (exact) mass is 274 g/mol. The van der Waals surface area contributed by atoms with Gasteiger partial charge in [0.25, 0.3) is 0 Å². The summed E-state index contributed by atoms with van der Waals surface area (Å²) < 4.78 is 13.8. The van der Waals surface area contributed by atoms with E-state index in [9.17, 15) is 4.39 Å². The first kappa shape index (κ1) is 14.2. The van der Waals surface area contributed by atoms with E-state index in [-0.39, 0.29) is 5.82 Å². The molecule has 0 saturated heterocycles. The number of benzene rings is 1. The summed E-state index contributed by atoms with van der Waals surface area (Å²) >= 11 is 0. The Bertz CT molecular complexity index is 598. The second-order valence-electron chi connectivity index (χ2n) is 4.73. The van der Waals surface area contributed by atoms with Crippen molar-refractivity contribution in [3.63, 3.8) is 0 Å². The number of halogens is 1. The molecule has 0 unspecified atom stereocenters. The molecule has 0 fully saturated rings. The summed E-state index contributed by atoms with van der Waals surface area (Å²) in [6.45, 7) is 6.70. The number of hydrogen-bond donors (Lipinski definition) is 2. The second kappa shape index (κ2) is 6.32. The molecule has 0 amide bonds. The van der Waals surface area contributed by atoms with Crippen LogP contribution in [0.1, 0.15) is 24.5 Å². The Morgan fingerprint density at radius 3 is 2.60 bits per heavy atom. The molecule has 5 heteroatoms. The average Bonchev–Trinajstić information content (AvgIpc) is 2.42. The number of anilines is 3.